The Hall–Kier alpha value is -4.14. The fraction of sp³-hybridized carbons (Fsp3) is 0.438. The normalized spacial score (nSPS) is 12.6. The molecule has 2 aromatic rings. The lowest BCUT2D eigenvalue weighted by molar-refractivity contribution is -0.157. The molecule has 9 heteroatoms. The standard InChI is InChI=1S/C32H41NO8/c1-31(2,3)40-29(36)27(33-30(37)41-32(4,5)18-12-16-22-13-9-8-10-14-22)24-17-11-15-23(19-24)20-25(28(35)39-7)21-26(34)38-6/h8-11,13-15,17,19-20,27H,12,16,18,21H2,1-7H3,(H,33,37)/b25-20+. The summed E-state index contributed by atoms with van der Waals surface area (Å²) in [5, 5.41) is 2.65. The summed E-state index contributed by atoms with van der Waals surface area (Å²) in [7, 11) is 2.43. The minimum Gasteiger partial charge on any atom is -0.469 e. The van der Waals surface area contributed by atoms with Gasteiger partial charge in [-0.3, -0.25) is 4.79 Å². The second-order valence-electron chi connectivity index (χ2n) is 11.2. The van der Waals surface area contributed by atoms with Crippen molar-refractivity contribution in [1.82, 2.24) is 5.32 Å². The Morgan fingerprint density at radius 3 is 2.17 bits per heavy atom. The van der Waals surface area contributed by atoms with Crippen molar-refractivity contribution in [2.75, 3.05) is 14.2 Å². The molecular formula is C32H41NO8. The second kappa shape index (κ2) is 15.0. The van der Waals surface area contributed by atoms with Gasteiger partial charge in [0.05, 0.1) is 20.6 Å². The van der Waals surface area contributed by atoms with Crippen LogP contribution < -0.4 is 5.32 Å². The number of hydrogen-bond acceptors (Lipinski definition) is 8. The maximum Gasteiger partial charge on any atom is 0.408 e. The zero-order chi connectivity index (χ0) is 30.6. The predicted octanol–water partition coefficient (Wildman–Crippen LogP) is 5.72. The van der Waals surface area contributed by atoms with E-state index in [1.165, 1.54) is 25.9 Å². The fourth-order valence-corrected chi connectivity index (χ4v) is 4.02. The molecule has 1 N–H and O–H groups in total. The van der Waals surface area contributed by atoms with Gasteiger partial charge in [-0.1, -0.05) is 48.5 Å². The molecule has 1 amide bonds. The molecule has 0 aliphatic heterocycles. The van der Waals surface area contributed by atoms with Gasteiger partial charge in [-0.25, -0.2) is 14.4 Å². The van der Waals surface area contributed by atoms with Crippen LogP contribution in [0.4, 0.5) is 4.79 Å². The average molecular weight is 568 g/mol. The molecular weight excluding hydrogens is 526 g/mol. The number of esters is 3. The van der Waals surface area contributed by atoms with Crippen LogP contribution in [-0.2, 0) is 39.8 Å². The van der Waals surface area contributed by atoms with Gasteiger partial charge in [-0.05, 0) is 82.7 Å². The van der Waals surface area contributed by atoms with Crippen LogP contribution in [0.15, 0.2) is 60.2 Å². The van der Waals surface area contributed by atoms with Crippen LogP contribution in [0, 0.1) is 0 Å². The van der Waals surface area contributed by atoms with E-state index in [0.29, 0.717) is 17.5 Å². The number of hydrogen-bond donors (Lipinski definition) is 1. The van der Waals surface area contributed by atoms with E-state index in [9.17, 15) is 19.2 Å². The van der Waals surface area contributed by atoms with E-state index in [0.717, 1.165) is 12.8 Å². The van der Waals surface area contributed by atoms with Crippen molar-refractivity contribution in [3.8, 4) is 0 Å². The number of nitrogens with one attached hydrogen (secondary N) is 1. The Balaban J connectivity index is 2.26. The molecule has 1 atom stereocenters. The highest BCUT2D eigenvalue weighted by Gasteiger charge is 2.31. The minimum atomic E-state index is -1.20. The molecule has 2 rings (SSSR count). The van der Waals surface area contributed by atoms with E-state index in [2.05, 4.69) is 22.2 Å². The first kappa shape index (κ1) is 33.1. The Labute approximate surface area is 242 Å². The number of ether oxygens (including phenoxy) is 4. The van der Waals surface area contributed by atoms with E-state index in [4.69, 9.17) is 14.2 Å². The van der Waals surface area contributed by atoms with Gasteiger partial charge < -0.3 is 24.3 Å². The fourth-order valence-electron chi connectivity index (χ4n) is 4.02. The third-order valence-corrected chi connectivity index (χ3v) is 5.96. The average Bonchev–Trinajstić information content (AvgIpc) is 2.90. The maximum atomic E-state index is 13.2. The van der Waals surface area contributed by atoms with Crippen molar-refractivity contribution in [1.29, 1.82) is 0 Å². The largest absolute Gasteiger partial charge is 0.469 e. The summed E-state index contributed by atoms with van der Waals surface area (Å²) in [4.78, 5) is 50.3. The highest BCUT2D eigenvalue weighted by Crippen LogP contribution is 2.24. The maximum absolute atomic E-state index is 13.2. The number of benzene rings is 2. The zero-order valence-corrected chi connectivity index (χ0v) is 24.9. The summed E-state index contributed by atoms with van der Waals surface area (Å²) in [6, 6.07) is 15.5. The molecule has 222 valence electrons. The summed E-state index contributed by atoms with van der Waals surface area (Å²) >= 11 is 0. The lowest BCUT2D eigenvalue weighted by atomic mass is 9.98. The van der Waals surface area contributed by atoms with Crippen molar-refractivity contribution in [2.24, 2.45) is 0 Å². The molecule has 0 heterocycles. The first-order valence-corrected chi connectivity index (χ1v) is 13.4. The van der Waals surface area contributed by atoms with Gasteiger partial charge in [0.25, 0.3) is 0 Å². The summed E-state index contributed by atoms with van der Waals surface area (Å²) in [6.07, 6.45) is 2.66. The lowest BCUT2D eigenvalue weighted by Gasteiger charge is -2.28. The van der Waals surface area contributed by atoms with Gasteiger partial charge >= 0.3 is 24.0 Å². The third-order valence-electron chi connectivity index (χ3n) is 5.96. The van der Waals surface area contributed by atoms with E-state index < -0.39 is 41.2 Å². The molecule has 0 aliphatic rings. The van der Waals surface area contributed by atoms with Crippen LogP contribution >= 0.6 is 0 Å². The van der Waals surface area contributed by atoms with Gasteiger partial charge in [0, 0.05) is 5.57 Å². The van der Waals surface area contributed by atoms with Crippen molar-refractivity contribution < 1.29 is 38.1 Å². The van der Waals surface area contributed by atoms with Gasteiger partial charge in [-0.2, -0.15) is 0 Å². The van der Waals surface area contributed by atoms with E-state index in [1.807, 2.05) is 32.0 Å². The van der Waals surface area contributed by atoms with Crippen LogP contribution in [0.3, 0.4) is 0 Å². The molecule has 41 heavy (non-hydrogen) atoms. The zero-order valence-electron chi connectivity index (χ0n) is 24.9. The van der Waals surface area contributed by atoms with Crippen LogP contribution in [-0.4, -0.2) is 49.4 Å². The number of rotatable bonds is 12. The Bertz CT molecular complexity index is 1230. The highest BCUT2D eigenvalue weighted by molar-refractivity contribution is 5.98. The van der Waals surface area contributed by atoms with Crippen LogP contribution in [0.25, 0.3) is 6.08 Å². The molecule has 0 aliphatic carbocycles. The van der Waals surface area contributed by atoms with Crippen molar-refractivity contribution in [3.05, 3.63) is 76.9 Å². The topological polar surface area (TPSA) is 117 Å². The Morgan fingerprint density at radius 2 is 1.56 bits per heavy atom. The van der Waals surface area contributed by atoms with Crippen molar-refractivity contribution in [3.63, 3.8) is 0 Å². The van der Waals surface area contributed by atoms with Crippen LogP contribution in [0.2, 0.25) is 0 Å². The smallest absolute Gasteiger partial charge is 0.408 e. The van der Waals surface area contributed by atoms with E-state index in [-0.39, 0.29) is 12.0 Å². The molecule has 0 saturated carbocycles. The molecule has 0 radical (unpaired) electrons. The van der Waals surface area contributed by atoms with Gasteiger partial charge in [-0.15, -0.1) is 0 Å². The molecule has 0 saturated heterocycles. The monoisotopic (exact) mass is 567 g/mol. The lowest BCUT2D eigenvalue weighted by Crippen LogP contribution is -2.41. The Morgan fingerprint density at radius 1 is 0.878 bits per heavy atom. The number of aryl methyl sites for hydroxylation is 1. The van der Waals surface area contributed by atoms with Gasteiger partial charge in [0.15, 0.2) is 6.04 Å². The molecule has 0 aromatic heterocycles. The quantitative estimate of drug-likeness (QED) is 0.197. The minimum absolute atomic E-state index is 0.0648. The molecule has 0 bridgehead atoms. The number of alkyl carbamates (subject to hydrolysis) is 1. The number of carbonyl (C=O) groups is 4. The predicted molar refractivity (Wildman–Crippen MR) is 155 cm³/mol. The molecule has 9 nitrogen and oxygen atoms in total. The van der Waals surface area contributed by atoms with Crippen molar-refractivity contribution >= 4 is 30.1 Å². The Kier molecular flexibility index (Phi) is 12.1. The summed E-state index contributed by atoms with van der Waals surface area (Å²) in [5.74, 6) is -1.99. The van der Waals surface area contributed by atoms with E-state index in [1.54, 1.807) is 45.0 Å². The summed E-state index contributed by atoms with van der Waals surface area (Å²) < 4.78 is 20.8. The molecule has 0 spiro atoms. The van der Waals surface area contributed by atoms with Crippen LogP contribution in [0.5, 0.6) is 0 Å². The molecule has 0 fully saturated rings. The summed E-state index contributed by atoms with van der Waals surface area (Å²) in [6.45, 7) is 8.82. The van der Waals surface area contributed by atoms with Gasteiger partial charge in [0.2, 0.25) is 0 Å². The number of amides is 1. The number of methoxy groups -OCH3 is 2. The van der Waals surface area contributed by atoms with Crippen molar-refractivity contribution in [2.45, 2.75) is 77.5 Å². The first-order chi connectivity index (χ1) is 19.2. The van der Waals surface area contributed by atoms with Gasteiger partial charge in [0.1, 0.15) is 11.2 Å². The molecule has 1 unspecified atom stereocenters. The SMILES string of the molecule is COC(=O)C/C(=C\c1cccc(C(NC(=O)OC(C)(C)CCCc2ccccc2)C(=O)OC(C)(C)C)c1)C(=O)OC. The second-order valence-corrected chi connectivity index (χ2v) is 11.2. The third kappa shape index (κ3) is 11.9. The highest BCUT2D eigenvalue weighted by atomic mass is 16.6. The molecule has 2 aromatic carbocycles. The first-order valence-electron chi connectivity index (χ1n) is 13.4. The van der Waals surface area contributed by atoms with Crippen LogP contribution in [0.1, 0.15) is 76.6 Å². The number of carbonyl (C=O) groups excluding carboxylic acids is 4. The summed E-state index contributed by atoms with van der Waals surface area (Å²) in [5.41, 5.74) is 0.563. The van der Waals surface area contributed by atoms with E-state index >= 15 is 0 Å².